The molecule has 21 heavy (non-hydrogen) atoms. The summed E-state index contributed by atoms with van der Waals surface area (Å²) in [5.41, 5.74) is 0. The highest BCUT2D eigenvalue weighted by Crippen LogP contribution is 2.12. The van der Waals surface area contributed by atoms with Crippen molar-refractivity contribution >= 4 is 11.6 Å². The lowest BCUT2D eigenvalue weighted by Gasteiger charge is -2.03. The van der Waals surface area contributed by atoms with Crippen molar-refractivity contribution in [3.05, 3.63) is 0 Å². The Balaban J connectivity index is 3.17. The van der Waals surface area contributed by atoms with Gasteiger partial charge in [0.2, 0.25) is 0 Å². The third-order valence-corrected chi connectivity index (χ3v) is 4.11. The Morgan fingerprint density at radius 3 is 1.33 bits per heavy atom. The lowest BCUT2D eigenvalue weighted by atomic mass is 10.0. The second-order valence-corrected chi connectivity index (χ2v) is 6.22. The lowest BCUT2D eigenvalue weighted by molar-refractivity contribution is -0.119. The maximum Gasteiger partial charge on any atom is 0.132 e. The zero-order valence-corrected chi connectivity index (χ0v) is 14.4. The van der Waals surface area contributed by atoms with E-state index in [9.17, 15) is 9.59 Å². The molecule has 0 aromatic rings. The molecular weight excluding hydrogens is 260 g/mol. The summed E-state index contributed by atoms with van der Waals surface area (Å²) >= 11 is 0. The van der Waals surface area contributed by atoms with Crippen molar-refractivity contribution < 1.29 is 9.59 Å². The Morgan fingerprint density at radius 2 is 0.905 bits per heavy atom. The molecule has 0 unspecified atom stereocenters. The normalized spacial score (nSPS) is 10.8. The van der Waals surface area contributed by atoms with Crippen LogP contribution in [-0.2, 0) is 9.59 Å². The van der Waals surface area contributed by atoms with Gasteiger partial charge < -0.3 is 0 Å². The Kier molecular flexibility index (Phi) is 15.2. The van der Waals surface area contributed by atoms with Crippen LogP contribution in [0.3, 0.4) is 0 Å². The molecule has 0 rings (SSSR count). The second-order valence-electron chi connectivity index (χ2n) is 6.22. The van der Waals surface area contributed by atoms with E-state index in [0.29, 0.717) is 18.0 Å². The summed E-state index contributed by atoms with van der Waals surface area (Å²) in [6.45, 7) is 4.14. The van der Waals surface area contributed by atoms with Gasteiger partial charge in [-0.05, 0) is 19.3 Å². The predicted octanol–water partition coefficient (Wildman–Crippen LogP) is 6.02. The number of hydrogen-bond acceptors (Lipinski definition) is 2. The standard InChI is InChI=1S/C19H36O2/c1-3-5-6-12-16-19(21)17-14-11-9-7-8-10-13-15-18(20)4-2/h3-17H2,1-2H3. The molecule has 0 aliphatic rings. The molecule has 0 bridgehead atoms. The zero-order valence-electron chi connectivity index (χ0n) is 14.4. The van der Waals surface area contributed by atoms with Crippen LogP contribution < -0.4 is 0 Å². The van der Waals surface area contributed by atoms with E-state index in [1.165, 1.54) is 51.4 Å². The average molecular weight is 296 g/mol. The number of hydrogen-bond donors (Lipinski definition) is 0. The Hall–Kier alpha value is -0.660. The molecule has 0 saturated heterocycles. The molecule has 0 spiro atoms. The number of carbonyl (C=O) groups is 2. The van der Waals surface area contributed by atoms with E-state index in [0.717, 1.165) is 38.5 Å². The van der Waals surface area contributed by atoms with Gasteiger partial charge in [0, 0.05) is 25.7 Å². The summed E-state index contributed by atoms with van der Waals surface area (Å²) in [5.74, 6) is 0.858. The van der Waals surface area contributed by atoms with Crippen LogP contribution in [0.2, 0.25) is 0 Å². The first-order chi connectivity index (χ1) is 10.2. The summed E-state index contributed by atoms with van der Waals surface area (Å²) in [4.78, 5) is 22.8. The van der Waals surface area contributed by atoms with Gasteiger partial charge in [-0.15, -0.1) is 0 Å². The smallest absolute Gasteiger partial charge is 0.132 e. The number of rotatable bonds is 16. The van der Waals surface area contributed by atoms with E-state index in [-0.39, 0.29) is 0 Å². The van der Waals surface area contributed by atoms with Crippen molar-refractivity contribution in [1.29, 1.82) is 0 Å². The van der Waals surface area contributed by atoms with Gasteiger partial charge in [-0.3, -0.25) is 9.59 Å². The van der Waals surface area contributed by atoms with E-state index in [1.54, 1.807) is 0 Å². The minimum atomic E-state index is 0.396. The molecule has 0 aromatic carbocycles. The molecule has 2 heteroatoms. The van der Waals surface area contributed by atoms with Crippen molar-refractivity contribution in [2.45, 2.75) is 110 Å². The van der Waals surface area contributed by atoms with Crippen LogP contribution in [0.25, 0.3) is 0 Å². The van der Waals surface area contributed by atoms with Crippen molar-refractivity contribution in [2.24, 2.45) is 0 Å². The van der Waals surface area contributed by atoms with E-state index in [1.807, 2.05) is 6.92 Å². The number of ketones is 2. The van der Waals surface area contributed by atoms with Gasteiger partial charge in [0.15, 0.2) is 0 Å². The fourth-order valence-electron chi connectivity index (χ4n) is 2.58. The van der Waals surface area contributed by atoms with Crippen molar-refractivity contribution in [3.8, 4) is 0 Å². The van der Waals surface area contributed by atoms with Gasteiger partial charge in [-0.25, -0.2) is 0 Å². The molecule has 0 saturated carbocycles. The summed E-state index contributed by atoms with van der Waals surface area (Å²) < 4.78 is 0. The van der Waals surface area contributed by atoms with Gasteiger partial charge >= 0.3 is 0 Å². The quantitative estimate of drug-likeness (QED) is 0.326. The maximum atomic E-state index is 11.6. The van der Waals surface area contributed by atoms with Crippen LogP contribution in [-0.4, -0.2) is 11.6 Å². The molecule has 0 N–H and O–H groups in total. The largest absolute Gasteiger partial charge is 0.300 e. The third kappa shape index (κ3) is 15.5. The second kappa shape index (κ2) is 15.7. The minimum Gasteiger partial charge on any atom is -0.300 e. The molecule has 0 aromatic heterocycles. The molecular formula is C19H36O2. The Bertz CT molecular complexity index is 258. The summed E-state index contributed by atoms with van der Waals surface area (Å²) in [5, 5.41) is 0. The SMILES string of the molecule is CCCCCCC(=O)CCCCCCCCCC(=O)CC. The van der Waals surface area contributed by atoms with Crippen LogP contribution in [0.1, 0.15) is 110 Å². The molecule has 0 heterocycles. The fraction of sp³-hybridized carbons (Fsp3) is 0.895. The maximum absolute atomic E-state index is 11.6. The van der Waals surface area contributed by atoms with Crippen LogP contribution in [0.15, 0.2) is 0 Å². The molecule has 0 amide bonds. The molecule has 0 radical (unpaired) electrons. The molecule has 0 fully saturated rings. The monoisotopic (exact) mass is 296 g/mol. The number of unbranched alkanes of at least 4 members (excludes halogenated alkanes) is 9. The summed E-state index contributed by atoms with van der Waals surface area (Å²) in [7, 11) is 0. The lowest BCUT2D eigenvalue weighted by Crippen LogP contribution is -1.97. The van der Waals surface area contributed by atoms with Gasteiger partial charge in [-0.2, -0.15) is 0 Å². The molecule has 0 aliphatic carbocycles. The minimum absolute atomic E-state index is 0.396. The van der Waals surface area contributed by atoms with E-state index >= 15 is 0 Å². The molecule has 124 valence electrons. The molecule has 0 atom stereocenters. The van der Waals surface area contributed by atoms with Crippen LogP contribution in [0.4, 0.5) is 0 Å². The Morgan fingerprint density at radius 1 is 0.524 bits per heavy atom. The molecule has 2 nitrogen and oxygen atoms in total. The first-order valence-corrected chi connectivity index (χ1v) is 9.24. The first-order valence-electron chi connectivity index (χ1n) is 9.24. The van der Waals surface area contributed by atoms with Gasteiger partial charge in [-0.1, -0.05) is 65.2 Å². The topological polar surface area (TPSA) is 34.1 Å². The van der Waals surface area contributed by atoms with E-state index in [4.69, 9.17) is 0 Å². The zero-order chi connectivity index (χ0) is 15.8. The highest BCUT2D eigenvalue weighted by Gasteiger charge is 2.02. The van der Waals surface area contributed by atoms with Crippen LogP contribution in [0.5, 0.6) is 0 Å². The average Bonchev–Trinajstić information content (AvgIpc) is 2.49. The summed E-state index contributed by atoms with van der Waals surface area (Å²) in [6.07, 6.45) is 16.1. The predicted molar refractivity (Wildman–Crippen MR) is 90.6 cm³/mol. The highest BCUT2D eigenvalue weighted by molar-refractivity contribution is 5.78. The third-order valence-electron chi connectivity index (χ3n) is 4.11. The Labute approximate surface area is 132 Å². The van der Waals surface area contributed by atoms with Crippen molar-refractivity contribution in [1.82, 2.24) is 0 Å². The number of Topliss-reactive ketones (excluding diaryl/α,β-unsaturated/α-hetero) is 2. The van der Waals surface area contributed by atoms with Crippen molar-refractivity contribution in [2.75, 3.05) is 0 Å². The fourth-order valence-corrected chi connectivity index (χ4v) is 2.58. The van der Waals surface area contributed by atoms with Gasteiger partial charge in [0.25, 0.3) is 0 Å². The molecule has 0 aliphatic heterocycles. The first kappa shape index (κ1) is 20.3. The van der Waals surface area contributed by atoms with E-state index < -0.39 is 0 Å². The number of carbonyl (C=O) groups excluding carboxylic acids is 2. The van der Waals surface area contributed by atoms with Crippen LogP contribution in [0, 0.1) is 0 Å². The van der Waals surface area contributed by atoms with Crippen molar-refractivity contribution in [3.63, 3.8) is 0 Å². The van der Waals surface area contributed by atoms with E-state index in [2.05, 4.69) is 6.92 Å². The van der Waals surface area contributed by atoms with Gasteiger partial charge in [0.1, 0.15) is 11.6 Å². The summed E-state index contributed by atoms with van der Waals surface area (Å²) in [6, 6.07) is 0. The highest BCUT2D eigenvalue weighted by atomic mass is 16.1. The van der Waals surface area contributed by atoms with Crippen LogP contribution >= 0.6 is 0 Å². The van der Waals surface area contributed by atoms with Gasteiger partial charge in [0.05, 0.1) is 0 Å².